The molecule has 0 radical (unpaired) electrons. The van der Waals surface area contributed by atoms with E-state index in [1.807, 2.05) is 0 Å². The lowest BCUT2D eigenvalue weighted by molar-refractivity contribution is -0.139. The molecule has 0 unspecified atom stereocenters. The molecular formula is C28H29ClF2N4O5. The van der Waals surface area contributed by atoms with Gasteiger partial charge >= 0.3 is 5.92 Å². The Kier molecular flexibility index (Phi) is 8.82. The number of hydrogen-bond acceptors (Lipinski definition) is 5. The molecule has 2 aliphatic rings. The van der Waals surface area contributed by atoms with E-state index in [1.54, 1.807) is 25.1 Å². The Labute approximate surface area is 234 Å². The lowest BCUT2D eigenvalue weighted by Crippen LogP contribution is -2.49. The summed E-state index contributed by atoms with van der Waals surface area (Å²) in [6, 6.07) is 9.74. The van der Waals surface area contributed by atoms with Gasteiger partial charge in [-0.15, -0.1) is 0 Å². The van der Waals surface area contributed by atoms with Gasteiger partial charge in [-0.1, -0.05) is 41.9 Å². The van der Waals surface area contributed by atoms with Gasteiger partial charge in [0.2, 0.25) is 11.7 Å². The van der Waals surface area contributed by atoms with Crippen molar-refractivity contribution < 1.29 is 32.8 Å². The molecule has 12 heteroatoms. The highest BCUT2D eigenvalue weighted by Gasteiger charge is 2.40. The second-order valence-electron chi connectivity index (χ2n) is 10.2. The number of carbonyl (C=O) groups excluding carboxylic acids is 5. The van der Waals surface area contributed by atoms with Crippen molar-refractivity contribution in [1.29, 1.82) is 0 Å². The maximum absolute atomic E-state index is 14.7. The fraction of sp³-hybridized carbons (Fsp3) is 0.393. The van der Waals surface area contributed by atoms with Crippen molar-refractivity contribution in [2.24, 2.45) is 5.92 Å². The van der Waals surface area contributed by atoms with Crippen molar-refractivity contribution in [3.05, 3.63) is 64.7 Å². The van der Waals surface area contributed by atoms with E-state index in [2.05, 4.69) is 21.3 Å². The third kappa shape index (κ3) is 7.41. The first-order valence-electron chi connectivity index (χ1n) is 12.9. The summed E-state index contributed by atoms with van der Waals surface area (Å²) < 4.78 is 29.5. The molecule has 0 spiro atoms. The van der Waals surface area contributed by atoms with E-state index in [4.69, 9.17) is 11.6 Å². The number of nitrogens with one attached hydrogen (secondary N) is 4. The molecule has 4 N–H and O–H groups in total. The predicted molar refractivity (Wildman–Crippen MR) is 143 cm³/mol. The third-order valence-corrected chi connectivity index (χ3v) is 6.99. The molecular weight excluding hydrogens is 546 g/mol. The molecule has 1 heterocycles. The number of amides is 4. The van der Waals surface area contributed by atoms with Crippen LogP contribution in [0.2, 0.25) is 5.02 Å². The monoisotopic (exact) mass is 574 g/mol. The van der Waals surface area contributed by atoms with Gasteiger partial charge in [-0.05, 0) is 56.4 Å². The Morgan fingerprint density at radius 2 is 1.80 bits per heavy atom. The van der Waals surface area contributed by atoms with Gasteiger partial charge in [0.25, 0.3) is 17.7 Å². The van der Waals surface area contributed by atoms with Gasteiger partial charge in [0.15, 0.2) is 0 Å². The molecule has 0 bridgehead atoms. The SMILES string of the molecule is C[C@@H]1C[C@@H](C[C@H](NC(=O)c2cc(Cl)ccc2NC(=O)C(F)(F)Cc2ccccc2)C(=O)C(=O)NC2CC2)C(=O)N1. The van der Waals surface area contributed by atoms with E-state index in [1.165, 1.54) is 24.3 Å². The molecule has 3 atom stereocenters. The highest BCUT2D eigenvalue weighted by Crippen LogP contribution is 2.27. The lowest BCUT2D eigenvalue weighted by atomic mass is 9.93. The molecule has 1 saturated carbocycles. The molecule has 1 aliphatic carbocycles. The van der Waals surface area contributed by atoms with Crippen LogP contribution in [0.25, 0.3) is 0 Å². The van der Waals surface area contributed by atoms with Crippen LogP contribution in [-0.2, 0) is 25.6 Å². The Bertz CT molecular complexity index is 1320. The molecule has 2 fully saturated rings. The molecule has 212 valence electrons. The quantitative estimate of drug-likeness (QED) is 0.306. The smallest absolute Gasteiger partial charge is 0.328 e. The topological polar surface area (TPSA) is 133 Å². The summed E-state index contributed by atoms with van der Waals surface area (Å²) in [5.74, 6) is -9.14. The molecule has 9 nitrogen and oxygen atoms in total. The zero-order chi connectivity index (χ0) is 29.0. The normalized spacial score (nSPS) is 19.4. The number of halogens is 3. The van der Waals surface area contributed by atoms with Gasteiger partial charge in [-0.2, -0.15) is 8.78 Å². The molecule has 2 aromatic carbocycles. The number of benzene rings is 2. The minimum absolute atomic E-state index is 0.0672. The maximum Gasteiger partial charge on any atom is 0.328 e. The van der Waals surface area contributed by atoms with Gasteiger partial charge in [0, 0.05) is 29.4 Å². The van der Waals surface area contributed by atoms with Crippen molar-refractivity contribution in [3.8, 4) is 0 Å². The van der Waals surface area contributed by atoms with Crippen LogP contribution in [0.5, 0.6) is 0 Å². The van der Waals surface area contributed by atoms with Crippen LogP contribution in [0.4, 0.5) is 14.5 Å². The van der Waals surface area contributed by atoms with Crippen LogP contribution in [0.3, 0.4) is 0 Å². The summed E-state index contributed by atoms with van der Waals surface area (Å²) in [6.07, 6.45) is 0.870. The van der Waals surface area contributed by atoms with Crippen LogP contribution in [0, 0.1) is 5.92 Å². The summed E-state index contributed by atoms with van der Waals surface area (Å²) in [7, 11) is 0. The average molecular weight is 575 g/mol. The Hall–Kier alpha value is -3.86. The van der Waals surface area contributed by atoms with E-state index in [0.717, 1.165) is 18.9 Å². The molecule has 2 aromatic rings. The number of rotatable bonds is 11. The van der Waals surface area contributed by atoms with Crippen LogP contribution in [0.1, 0.15) is 48.5 Å². The number of Topliss-reactive ketones (excluding diaryl/α,β-unsaturated/α-hetero) is 1. The van der Waals surface area contributed by atoms with E-state index >= 15 is 0 Å². The first kappa shape index (κ1) is 29.1. The number of ketones is 1. The van der Waals surface area contributed by atoms with Crippen molar-refractivity contribution in [3.63, 3.8) is 0 Å². The second kappa shape index (κ2) is 12.1. The lowest BCUT2D eigenvalue weighted by Gasteiger charge is -2.21. The van der Waals surface area contributed by atoms with E-state index in [-0.39, 0.29) is 46.2 Å². The molecule has 1 saturated heterocycles. The summed E-state index contributed by atoms with van der Waals surface area (Å²) >= 11 is 6.06. The fourth-order valence-corrected chi connectivity index (χ4v) is 4.68. The van der Waals surface area contributed by atoms with Gasteiger partial charge in [-0.25, -0.2) is 0 Å². The van der Waals surface area contributed by atoms with Crippen molar-refractivity contribution in [1.82, 2.24) is 16.0 Å². The standard InChI is InChI=1S/C28H29ClF2N4O5/c1-15-11-17(24(37)32-15)12-22(23(36)26(39)33-19-8-9-19)34-25(38)20-13-18(29)7-10-21(20)35-27(40)28(30,31)14-16-5-3-2-4-6-16/h2-7,10,13,15,17,19,22H,8-9,11-12,14H2,1H3,(H,32,37)(H,33,39)(H,34,38)(H,35,40)/t15-,17+,22+/m1/s1. The number of hydrogen-bond donors (Lipinski definition) is 4. The highest BCUT2D eigenvalue weighted by molar-refractivity contribution is 6.38. The van der Waals surface area contributed by atoms with Crippen molar-refractivity contribution in [2.75, 3.05) is 5.32 Å². The third-order valence-electron chi connectivity index (χ3n) is 6.75. The fourth-order valence-electron chi connectivity index (χ4n) is 4.51. The predicted octanol–water partition coefficient (Wildman–Crippen LogP) is 3.02. The largest absolute Gasteiger partial charge is 0.353 e. The summed E-state index contributed by atoms with van der Waals surface area (Å²) in [4.78, 5) is 63.8. The van der Waals surface area contributed by atoms with Crippen molar-refractivity contribution >= 4 is 46.7 Å². The summed E-state index contributed by atoms with van der Waals surface area (Å²) in [5, 5.41) is 9.93. The zero-order valence-corrected chi connectivity index (χ0v) is 22.4. The van der Waals surface area contributed by atoms with E-state index in [9.17, 15) is 32.8 Å². The van der Waals surface area contributed by atoms with Crippen LogP contribution in [0.15, 0.2) is 48.5 Å². The van der Waals surface area contributed by atoms with E-state index in [0.29, 0.717) is 6.42 Å². The van der Waals surface area contributed by atoms with Gasteiger partial charge in [0.1, 0.15) is 0 Å². The highest BCUT2D eigenvalue weighted by atomic mass is 35.5. The second-order valence-corrected chi connectivity index (χ2v) is 10.7. The van der Waals surface area contributed by atoms with Crippen LogP contribution < -0.4 is 21.3 Å². The first-order valence-corrected chi connectivity index (χ1v) is 13.3. The summed E-state index contributed by atoms with van der Waals surface area (Å²) in [5.41, 5.74) is -0.311. The molecule has 40 heavy (non-hydrogen) atoms. The van der Waals surface area contributed by atoms with Gasteiger partial charge < -0.3 is 21.3 Å². The first-order chi connectivity index (χ1) is 18.9. The van der Waals surface area contributed by atoms with E-state index < -0.39 is 47.8 Å². The Morgan fingerprint density at radius 3 is 2.42 bits per heavy atom. The van der Waals surface area contributed by atoms with Gasteiger partial charge in [-0.3, -0.25) is 24.0 Å². The average Bonchev–Trinajstić information content (AvgIpc) is 3.66. The van der Waals surface area contributed by atoms with Crippen LogP contribution >= 0.6 is 11.6 Å². The molecule has 4 rings (SSSR count). The zero-order valence-electron chi connectivity index (χ0n) is 21.6. The number of anilines is 1. The minimum atomic E-state index is -3.80. The van der Waals surface area contributed by atoms with Crippen LogP contribution in [-0.4, -0.2) is 53.5 Å². The Balaban J connectivity index is 1.53. The van der Waals surface area contributed by atoms with Gasteiger partial charge in [0.05, 0.1) is 17.3 Å². The number of carbonyl (C=O) groups is 5. The molecule has 0 aromatic heterocycles. The summed E-state index contributed by atoms with van der Waals surface area (Å²) in [6.45, 7) is 1.79. The minimum Gasteiger partial charge on any atom is -0.353 e. The maximum atomic E-state index is 14.7. The molecule has 1 aliphatic heterocycles. The van der Waals surface area contributed by atoms with Crippen molar-refractivity contribution in [2.45, 2.75) is 63.1 Å². The molecule has 4 amide bonds. The Morgan fingerprint density at radius 1 is 1.10 bits per heavy atom. The number of alkyl halides is 2.